The molecule has 2 atom stereocenters. The summed E-state index contributed by atoms with van der Waals surface area (Å²) in [5.74, 6) is -0.867. The zero-order valence-electron chi connectivity index (χ0n) is 18.8. The van der Waals surface area contributed by atoms with E-state index in [0.29, 0.717) is 31.0 Å². The molecule has 2 aliphatic heterocycles. The molecule has 2 aliphatic rings. The zero-order valence-corrected chi connectivity index (χ0v) is 19.6. The Kier molecular flexibility index (Phi) is 8.58. The average molecular weight is 462 g/mol. The summed E-state index contributed by atoms with van der Waals surface area (Å²) in [4.78, 5) is 40.8. The largest absolute Gasteiger partial charge is 0.466 e. The standard InChI is InChI=1S/C23H31N3O5S/c1-4-30-21(27)16-7-6-12-26(13-16)14-18-19(22(28)31-5-2)20(25-23(29)24-18)15-8-10-17(32-3)11-9-15/h8-11,16,20H,4-7,12-14H2,1-3H3,(H2,24,25,29). The molecule has 2 amide bonds. The third kappa shape index (κ3) is 5.83. The maximum Gasteiger partial charge on any atom is 0.338 e. The van der Waals surface area contributed by atoms with Crippen LogP contribution < -0.4 is 10.6 Å². The summed E-state index contributed by atoms with van der Waals surface area (Å²) in [5.41, 5.74) is 1.71. The summed E-state index contributed by atoms with van der Waals surface area (Å²) in [6, 6.07) is 6.77. The van der Waals surface area contributed by atoms with Crippen LogP contribution in [0.3, 0.4) is 0 Å². The number of ether oxygens (including phenoxy) is 2. The number of hydrogen-bond donors (Lipinski definition) is 2. The molecule has 174 valence electrons. The van der Waals surface area contributed by atoms with Crippen molar-refractivity contribution < 1.29 is 23.9 Å². The van der Waals surface area contributed by atoms with Crippen LogP contribution in [-0.2, 0) is 19.1 Å². The maximum absolute atomic E-state index is 13.0. The predicted molar refractivity (Wildman–Crippen MR) is 122 cm³/mol. The summed E-state index contributed by atoms with van der Waals surface area (Å²) >= 11 is 1.62. The molecule has 1 saturated heterocycles. The average Bonchev–Trinajstić information content (AvgIpc) is 2.79. The van der Waals surface area contributed by atoms with Gasteiger partial charge in [-0.1, -0.05) is 12.1 Å². The van der Waals surface area contributed by atoms with Crippen molar-refractivity contribution in [2.45, 2.75) is 37.6 Å². The summed E-state index contributed by atoms with van der Waals surface area (Å²) in [6.45, 7) is 5.77. The van der Waals surface area contributed by atoms with E-state index in [2.05, 4.69) is 15.5 Å². The van der Waals surface area contributed by atoms with Crippen molar-refractivity contribution in [3.63, 3.8) is 0 Å². The zero-order chi connectivity index (χ0) is 23.1. The van der Waals surface area contributed by atoms with Crippen molar-refractivity contribution in [1.29, 1.82) is 0 Å². The molecule has 2 N–H and O–H groups in total. The van der Waals surface area contributed by atoms with Gasteiger partial charge in [0, 0.05) is 23.7 Å². The number of carbonyl (C=O) groups excluding carboxylic acids is 3. The Morgan fingerprint density at radius 3 is 2.53 bits per heavy atom. The third-order valence-electron chi connectivity index (χ3n) is 5.61. The molecule has 1 aromatic carbocycles. The van der Waals surface area contributed by atoms with Crippen molar-refractivity contribution in [1.82, 2.24) is 15.5 Å². The number of urea groups is 1. The molecule has 0 bridgehead atoms. The van der Waals surface area contributed by atoms with Crippen LogP contribution in [-0.4, -0.2) is 62.0 Å². The van der Waals surface area contributed by atoms with E-state index in [4.69, 9.17) is 9.47 Å². The number of amides is 2. The van der Waals surface area contributed by atoms with Gasteiger partial charge in [0.25, 0.3) is 0 Å². The molecule has 3 rings (SSSR count). The molecule has 9 heteroatoms. The Morgan fingerprint density at radius 1 is 1.16 bits per heavy atom. The Hall–Kier alpha value is -2.52. The molecular weight excluding hydrogens is 430 g/mol. The quantitative estimate of drug-likeness (QED) is 0.454. The van der Waals surface area contributed by atoms with Crippen LogP contribution >= 0.6 is 11.8 Å². The van der Waals surface area contributed by atoms with E-state index in [9.17, 15) is 14.4 Å². The van der Waals surface area contributed by atoms with E-state index < -0.39 is 12.0 Å². The lowest BCUT2D eigenvalue weighted by atomic mass is 9.94. The summed E-state index contributed by atoms with van der Waals surface area (Å²) in [7, 11) is 0. The monoisotopic (exact) mass is 461 g/mol. The first kappa shape index (κ1) is 24.1. The molecule has 2 heterocycles. The predicted octanol–water partition coefficient (Wildman–Crippen LogP) is 2.85. The second-order valence-corrected chi connectivity index (χ2v) is 8.62. The fourth-order valence-electron chi connectivity index (χ4n) is 4.11. The molecule has 0 radical (unpaired) electrons. The highest BCUT2D eigenvalue weighted by Crippen LogP contribution is 2.30. The van der Waals surface area contributed by atoms with Gasteiger partial charge in [0.2, 0.25) is 0 Å². The minimum Gasteiger partial charge on any atom is -0.466 e. The van der Waals surface area contributed by atoms with Crippen LogP contribution in [0.25, 0.3) is 0 Å². The number of rotatable bonds is 8. The van der Waals surface area contributed by atoms with Crippen molar-refractivity contribution in [2.24, 2.45) is 5.92 Å². The highest BCUT2D eigenvalue weighted by Gasteiger charge is 2.35. The summed E-state index contributed by atoms with van der Waals surface area (Å²) in [6.07, 6.45) is 3.61. The van der Waals surface area contributed by atoms with Gasteiger partial charge < -0.3 is 20.1 Å². The van der Waals surface area contributed by atoms with Gasteiger partial charge in [0.05, 0.1) is 30.7 Å². The van der Waals surface area contributed by atoms with Crippen LogP contribution in [0.4, 0.5) is 4.79 Å². The lowest BCUT2D eigenvalue weighted by Gasteiger charge is -2.35. The number of nitrogens with one attached hydrogen (secondary N) is 2. The number of esters is 2. The molecule has 32 heavy (non-hydrogen) atoms. The van der Waals surface area contributed by atoms with E-state index in [1.807, 2.05) is 30.5 Å². The fraction of sp³-hybridized carbons (Fsp3) is 0.522. The first-order valence-electron chi connectivity index (χ1n) is 11.0. The third-order valence-corrected chi connectivity index (χ3v) is 6.35. The summed E-state index contributed by atoms with van der Waals surface area (Å²) in [5, 5.41) is 5.67. The molecule has 2 unspecified atom stereocenters. The Bertz CT molecular complexity index is 871. The smallest absolute Gasteiger partial charge is 0.338 e. The number of piperidine rings is 1. The number of thioether (sulfide) groups is 1. The molecule has 1 fully saturated rings. The minimum absolute atomic E-state index is 0.196. The van der Waals surface area contributed by atoms with Gasteiger partial charge in [-0.25, -0.2) is 9.59 Å². The van der Waals surface area contributed by atoms with Crippen molar-refractivity contribution in [2.75, 3.05) is 39.1 Å². The van der Waals surface area contributed by atoms with E-state index in [0.717, 1.165) is 29.8 Å². The Labute approximate surface area is 193 Å². The number of hydrogen-bond acceptors (Lipinski definition) is 7. The second-order valence-electron chi connectivity index (χ2n) is 7.74. The van der Waals surface area contributed by atoms with Crippen LogP contribution in [0, 0.1) is 5.92 Å². The highest BCUT2D eigenvalue weighted by molar-refractivity contribution is 7.98. The van der Waals surface area contributed by atoms with Gasteiger partial charge in [-0.15, -0.1) is 11.8 Å². The lowest BCUT2D eigenvalue weighted by molar-refractivity contribution is -0.150. The molecular formula is C23H31N3O5S. The molecule has 0 aromatic heterocycles. The first-order chi connectivity index (χ1) is 15.5. The molecule has 1 aromatic rings. The van der Waals surface area contributed by atoms with Crippen LogP contribution in [0.15, 0.2) is 40.4 Å². The van der Waals surface area contributed by atoms with Crippen LogP contribution in [0.2, 0.25) is 0 Å². The number of carbonyl (C=O) groups is 3. The van der Waals surface area contributed by atoms with E-state index >= 15 is 0 Å². The second kappa shape index (κ2) is 11.4. The first-order valence-corrected chi connectivity index (χ1v) is 12.2. The van der Waals surface area contributed by atoms with Crippen molar-refractivity contribution in [3.8, 4) is 0 Å². The maximum atomic E-state index is 13.0. The topological polar surface area (TPSA) is 97.0 Å². The van der Waals surface area contributed by atoms with Crippen LogP contribution in [0.1, 0.15) is 38.3 Å². The lowest BCUT2D eigenvalue weighted by Crippen LogP contribution is -2.50. The normalized spacial score (nSPS) is 21.5. The molecule has 8 nitrogen and oxygen atoms in total. The number of nitrogens with zero attached hydrogens (tertiary/aromatic N) is 1. The fourth-order valence-corrected chi connectivity index (χ4v) is 4.52. The van der Waals surface area contributed by atoms with Crippen LogP contribution in [0.5, 0.6) is 0 Å². The molecule has 0 saturated carbocycles. The summed E-state index contributed by atoms with van der Waals surface area (Å²) < 4.78 is 10.5. The van der Waals surface area contributed by atoms with Crippen molar-refractivity contribution in [3.05, 3.63) is 41.1 Å². The Morgan fingerprint density at radius 2 is 1.88 bits per heavy atom. The Balaban J connectivity index is 1.90. The van der Waals surface area contributed by atoms with Gasteiger partial charge in [-0.05, 0) is 57.2 Å². The van der Waals surface area contributed by atoms with E-state index in [1.165, 1.54) is 0 Å². The van der Waals surface area contributed by atoms with Gasteiger partial charge in [-0.2, -0.15) is 0 Å². The van der Waals surface area contributed by atoms with Crippen molar-refractivity contribution >= 4 is 29.7 Å². The molecule has 0 spiro atoms. The van der Waals surface area contributed by atoms with Gasteiger partial charge in [-0.3, -0.25) is 9.69 Å². The van der Waals surface area contributed by atoms with E-state index in [1.54, 1.807) is 25.6 Å². The number of likely N-dealkylation sites (tertiary alicyclic amines) is 1. The molecule has 0 aliphatic carbocycles. The number of benzene rings is 1. The van der Waals surface area contributed by atoms with Gasteiger partial charge >= 0.3 is 18.0 Å². The van der Waals surface area contributed by atoms with E-state index in [-0.39, 0.29) is 24.5 Å². The minimum atomic E-state index is -0.612. The van der Waals surface area contributed by atoms with Gasteiger partial charge in [0.1, 0.15) is 0 Å². The van der Waals surface area contributed by atoms with Gasteiger partial charge in [0.15, 0.2) is 0 Å². The SMILES string of the molecule is CCOC(=O)C1=C(CN2CCCC(C(=O)OCC)C2)NC(=O)NC1c1ccc(SC)cc1. The highest BCUT2D eigenvalue weighted by atomic mass is 32.2.